The highest BCUT2D eigenvalue weighted by atomic mass is 32.2. The smallest absolute Gasteiger partial charge is 0.251 e. The third-order valence-corrected chi connectivity index (χ3v) is 5.49. The van der Waals surface area contributed by atoms with Crippen molar-refractivity contribution in [3.8, 4) is 0 Å². The number of aromatic amines is 1. The minimum atomic E-state index is -0.359. The van der Waals surface area contributed by atoms with Crippen LogP contribution in [0.25, 0.3) is 10.2 Å². The monoisotopic (exact) mass is 360 g/mol. The molecule has 3 aromatic rings. The van der Waals surface area contributed by atoms with Crippen molar-refractivity contribution >= 4 is 44.4 Å². The average Bonchev–Trinajstić information content (AvgIpc) is 2.93. The first kappa shape index (κ1) is 16.7. The highest BCUT2D eigenvalue weighted by Gasteiger charge is 2.20. The van der Waals surface area contributed by atoms with E-state index in [0.29, 0.717) is 22.4 Å². The van der Waals surface area contributed by atoms with Crippen LogP contribution in [-0.2, 0) is 4.79 Å². The number of rotatable bonds is 5. The average molecular weight is 360 g/mol. The maximum absolute atomic E-state index is 12.5. The topological polar surface area (TPSA) is 87.7 Å². The Bertz CT molecular complexity index is 902. The normalized spacial score (nSPS) is 12.2. The van der Waals surface area contributed by atoms with Crippen LogP contribution in [0.4, 0.5) is 5.13 Å². The number of carbonyl (C=O) groups excluding carboxylic acids is 1. The van der Waals surface area contributed by atoms with Crippen LogP contribution in [0, 0.1) is 6.92 Å². The molecule has 6 nitrogen and oxygen atoms in total. The van der Waals surface area contributed by atoms with Crippen LogP contribution in [0.2, 0.25) is 0 Å². The van der Waals surface area contributed by atoms with Gasteiger partial charge in [-0.1, -0.05) is 42.2 Å². The molecule has 2 heterocycles. The SMILES string of the molecule is CC[C@@H](Sc1nc(C)cc(=O)[nH]1)C(=O)Nc1nc2ccccc2s1. The Labute approximate surface area is 146 Å². The number of thioether (sulfide) groups is 1. The lowest BCUT2D eigenvalue weighted by atomic mass is 10.3. The van der Waals surface area contributed by atoms with Gasteiger partial charge in [-0.05, 0) is 25.5 Å². The fourth-order valence-corrected chi connectivity index (χ4v) is 4.00. The van der Waals surface area contributed by atoms with Crippen molar-refractivity contribution in [2.75, 3.05) is 5.32 Å². The second-order valence-corrected chi connectivity index (χ2v) is 7.40. The number of nitrogens with zero attached hydrogens (tertiary/aromatic N) is 2. The van der Waals surface area contributed by atoms with Gasteiger partial charge in [0.25, 0.3) is 5.56 Å². The summed E-state index contributed by atoms with van der Waals surface area (Å²) in [6, 6.07) is 9.16. The number of carbonyl (C=O) groups is 1. The van der Waals surface area contributed by atoms with E-state index < -0.39 is 0 Å². The van der Waals surface area contributed by atoms with E-state index in [1.807, 2.05) is 31.2 Å². The van der Waals surface area contributed by atoms with Crippen LogP contribution in [0.1, 0.15) is 19.0 Å². The van der Waals surface area contributed by atoms with Gasteiger partial charge in [0.2, 0.25) is 5.91 Å². The predicted octanol–water partition coefficient (Wildman–Crippen LogP) is 3.20. The van der Waals surface area contributed by atoms with Crippen molar-refractivity contribution in [3.05, 3.63) is 46.4 Å². The number of nitrogens with one attached hydrogen (secondary N) is 2. The lowest BCUT2D eigenvalue weighted by Gasteiger charge is -2.12. The highest BCUT2D eigenvalue weighted by Crippen LogP contribution is 2.27. The van der Waals surface area contributed by atoms with Gasteiger partial charge in [-0.15, -0.1) is 0 Å². The zero-order chi connectivity index (χ0) is 17.1. The molecule has 0 aliphatic carbocycles. The molecule has 1 aromatic carbocycles. The van der Waals surface area contributed by atoms with Gasteiger partial charge in [-0.3, -0.25) is 9.59 Å². The number of hydrogen-bond donors (Lipinski definition) is 2. The quantitative estimate of drug-likeness (QED) is 0.539. The number of para-hydroxylation sites is 1. The largest absolute Gasteiger partial charge is 0.301 e. The Morgan fingerprint density at radius 2 is 2.17 bits per heavy atom. The molecule has 1 amide bonds. The molecule has 124 valence electrons. The summed E-state index contributed by atoms with van der Waals surface area (Å²) in [6.45, 7) is 3.67. The van der Waals surface area contributed by atoms with E-state index in [2.05, 4.69) is 20.3 Å². The lowest BCUT2D eigenvalue weighted by molar-refractivity contribution is -0.115. The Balaban J connectivity index is 1.74. The van der Waals surface area contributed by atoms with Gasteiger partial charge in [-0.2, -0.15) is 0 Å². The van der Waals surface area contributed by atoms with Crippen molar-refractivity contribution in [3.63, 3.8) is 0 Å². The molecule has 0 aliphatic rings. The molecule has 0 fully saturated rings. The van der Waals surface area contributed by atoms with Crippen LogP contribution >= 0.6 is 23.1 Å². The predicted molar refractivity (Wildman–Crippen MR) is 97.8 cm³/mol. The molecule has 0 saturated heterocycles. The van der Waals surface area contributed by atoms with Crippen molar-refractivity contribution in [1.29, 1.82) is 0 Å². The standard InChI is InChI=1S/C16H16N4O2S2/c1-3-11(23-15-17-9(2)8-13(21)19-15)14(22)20-16-18-10-6-4-5-7-12(10)24-16/h4-8,11H,3H2,1-2H3,(H,17,19,21)(H,18,20,22)/t11-/m1/s1. The molecule has 24 heavy (non-hydrogen) atoms. The van der Waals surface area contributed by atoms with Crippen LogP contribution in [0.5, 0.6) is 0 Å². The van der Waals surface area contributed by atoms with Crippen molar-refractivity contribution < 1.29 is 4.79 Å². The van der Waals surface area contributed by atoms with Gasteiger partial charge < -0.3 is 10.3 Å². The molecule has 0 spiro atoms. The van der Waals surface area contributed by atoms with Gasteiger partial charge in [0.15, 0.2) is 10.3 Å². The Hall–Kier alpha value is -2.19. The molecule has 0 bridgehead atoms. The summed E-state index contributed by atoms with van der Waals surface area (Å²) < 4.78 is 1.03. The second-order valence-electron chi connectivity index (χ2n) is 5.18. The Kier molecular flexibility index (Phi) is 4.96. The molecular formula is C16H16N4O2S2. The Morgan fingerprint density at radius 3 is 2.88 bits per heavy atom. The van der Waals surface area contributed by atoms with Gasteiger partial charge in [0, 0.05) is 11.8 Å². The number of thiazole rings is 1. The minimum absolute atomic E-state index is 0.147. The fourth-order valence-electron chi connectivity index (χ4n) is 2.18. The van der Waals surface area contributed by atoms with Gasteiger partial charge in [0.1, 0.15) is 0 Å². The van der Waals surface area contributed by atoms with Gasteiger partial charge in [-0.25, -0.2) is 9.97 Å². The molecule has 8 heteroatoms. The van der Waals surface area contributed by atoms with E-state index in [4.69, 9.17) is 0 Å². The molecule has 2 aromatic heterocycles. The summed E-state index contributed by atoms with van der Waals surface area (Å²) in [5.74, 6) is -0.147. The first-order valence-corrected chi connectivity index (χ1v) is 9.16. The molecule has 0 radical (unpaired) electrons. The molecule has 1 atom stereocenters. The maximum Gasteiger partial charge on any atom is 0.251 e. The third kappa shape index (κ3) is 3.82. The summed E-state index contributed by atoms with van der Waals surface area (Å²) in [5.41, 5.74) is 1.28. The van der Waals surface area contributed by atoms with Crippen LogP contribution in [-0.4, -0.2) is 26.1 Å². The first-order valence-electron chi connectivity index (χ1n) is 7.46. The molecule has 0 aliphatic heterocycles. The van der Waals surface area contributed by atoms with E-state index in [9.17, 15) is 9.59 Å². The van der Waals surface area contributed by atoms with E-state index in [1.54, 1.807) is 6.92 Å². The summed E-state index contributed by atoms with van der Waals surface area (Å²) in [5, 5.41) is 3.53. The zero-order valence-corrected chi connectivity index (χ0v) is 14.8. The van der Waals surface area contributed by atoms with E-state index in [0.717, 1.165) is 10.2 Å². The van der Waals surface area contributed by atoms with Crippen LogP contribution in [0.3, 0.4) is 0 Å². The molecule has 0 unspecified atom stereocenters. The third-order valence-electron chi connectivity index (χ3n) is 3.29. The van der Waals surface area contributed by atoms with Gasteiger partial charge >= 0.3 is 0 Å². The molecular weight excluding hydrogens is 344 g/mol. The van der Waals surface area contributed by atoms with E-state index in [1.165, 1.54) is 29.2 Å². The van der Waals surface area contributed by atoms with Gasteiger partial charge in [0.05, 0.1) is 15.5 Å². The number of H-pyrrole nitrogens is 1. The Morgan fingerprint density at radius 1 is 1.38 bits per heavy atom. The molecule has 0 saturated carbocycles. The number of amides is 1. The molecule has 2 N–H and O–H groups in total. The fraction of sp³-hybridized carbons (Fsp3) is 0.250. The lowest BCUT2D eigenvalue weighted by Crippen LogP contribution is -2.25. The maximum atomic E-state index is 12.5. The second kappa shape index (κ2) is 7.14. The number of fused-ring (bicyclic) bond motifs is 1. The zero-order valence-electron chi connectivity index (χ0n) is 13.2. The number of aryl methyl sites for hydroxylation is 1. The summed E-state index contributed by atoms with van der Waals surface area (Å²) >= 11 is 2.69. The van der Waals surface area contributed by atoms with Crippen LogP contribution in [0.15, 0.2) is 40.3 Å². The number of benzene rings is 1. The molecule has 3 rings (SSSR count). The minimum Gasteiger partial charge on any atom is -0.301 e. The number of hydrogen-bond acceptors (Lipinski definition) is 6. The van der Waals surface area contributed by atoms with E-state index >= 15 is 0 Å². The highest BCUT2D eigenvalue weighted by molar-refractivity contribution is 8.00. The van der Waals surface area contributed by atoms with E-state index in [-0.39, 0.29) is 16.7 Å². The summed E-state index contributed by atoms with van der Waals surface area (Å²) in [6.07, 6.45) is 0.610. The van der Waals surface area contributed by atoms with Crippen molar-refractivity contribution in [1.82, 2.24) is 15.0 Å². The summed E-state index contributed by atoms with van der Waals surface area (Å²) in [4.78, 5) is 35.4. The van der Waals surface area contributed by atoms with Crippen LogP contribution < -0.4 is 10.9 Å². The number of anilines is 1. The summed E-state index contributed by atoms with van der Waals surface area (Å²) in [7, 11) is 0. The van der Waals surface area contributed by atoms with Crippen molar-refractivity contribution in [2.45, 2.75) is 30.7 Å². The van der Waals surface area contributed by atoms with Crippen molar-refractivity contribution in [2.24, 2.45) is 0 Å². The first-order chi connectivity index (χ1) is 11.5. The number of aromatic nitrogens is 3.